The molecule has 0 heterocycles. The van der Waals surface area contributed by atoms with Crippen LogP contribution in [0, 0.1) is 0 Å². The van der Waals surface area contributed by atoms with E-state index in [4.69, 9.17) is 10.9 Å². The van der Waals surface area contributed by atoms with E-state index in [2.05, 4.69) is 5.43 Å². The standard InChI is InChI=1S/C7H8N2O2.ClH/c8-9-6-4-2-1-3-5(6)7(10)11;/h1-4,9H,8H2,(H,10,11);1H. The van der Waals surface area contributed by atoms with E-state index < -0.39 is 5.97 Å². The number of hydrazine groups is 1. The van der Waals surface area contributed by atoms with Crippen LogP contribution in [0.1, 0.15) is 10.4 Å². The van der Waals surface area contributed by atoms with Crippen molar-refractivity contribution in [2.24, 2.45) is 5.84 Å². The van der Waals surface area contributed by atoms with Gasteiger partial charge in [0.2, 0.25) is 0 Å². The highest BCUT2D eigenvalue weighted by Crippen LogP contribution is 2.12. The van der Waals surface area contributed by atoms with Gasteiger partial charge in [-0.1, -0.05) is 12.1 Å². The number of hydrogen-bond donors (Lipinski definition) is 3. The molecule has 0 fully saturated rings. The van der Waals surface area contributed by atoms with Crippen molar-refractivity contribution in [3.63, 3.8) is 0 Å². The maximum atomic E-state index is 10.5. The topological polar surface area (TPSA) is 75.3 Å². The van der Waals surface area contributed by atoms with Crippen molar-refractivity contribution in [2.75, 3.05) is 5.43 Å². The number of nitrogens with one attached hydrogen (secondary N) is 1. The van der Waals surface area contributed by atoms with Gasteiger partial charge in [-0.05, 0) is 12.1 Å². The Morgan fingerprint density at radius 2 is 2.00 bits per heavy atom. The second-order valence-electron chi connectivity index (χ2n) is 2.00. The lowest BCUT2D eigenvalue weighted by molar-refractivity contribution is 0.0698. The number of rotatable bonds is 2. The number of benzene rings is 1. The highest BCUT2D eigenvalue weighted by atomic mass is 35.5. The lowest BCUT2D eigenvalue weighted by atomic mass is 10.2. The highest BCUT2D eigenvalue weighted by Gasteiger charge is 2.06. The van der Waals surface area contributed by atoms with E-state index in [9.17, 15) is 4.79 Å². The third-order valence-corrected chi connectivity index (χ3v) is 1.31. The van der Waals surface area contributed by atoms with Crippen molar-refractivity contribution >= 4 is 24.1 Å². The molecule has 4 nitrogen and oxygen atoms in total. The van der Waals surface area contributed by atoms with Crippen molar-refractivity contribution in [3.05, 3.63) is 29.8 Å². The first kappa shape index (κ1) is 10.7. The normalized spacial score (nSPS) is 8.42. The Morgan fingerprint density at radius 1 is 1.42 bits per heavy atom. The zero-order chi connectivity index (χ0) is 8.27. The van der Waals surface area contributed by atoms with Crippen LogP contribution in [-0.2, 0) is 0 Å². The molecule has 0 aromatic heterocycles. The molecule has 1 aromatic rings. The number of aromatic carboxylic acids is 1. The summed E-state index contributed by atoms with van der Waals surface area (Å²) in [5, 5.41) is 8.60. The second kappa shape index (κ2) is 4.58. The molecule has 1 aromatic carbocycles. The van der Waals surface area contributed by atoms with E-state index in [1.165, 1.54) is 6.07 Å². The minimum Gasteiger partial charge on any atom is -0.478 e. The Hall–Kier alpha value is -1.26. The molecular formula is C7H9ClN2O2. The maximum Gasteiger partial charge on any atom is 0.337 e. The largest absolute Gasteiger partial charge is 0.478 e. The van der Waals surface area contributed by atoms with Crippen molar-refractivity contribution in [2.45, 2.75) is 0 Å². The fraction of sp³-hybridized carbons (Fsp3) is 0. The molecule has 0 aliphatic heterocycles. The molecule has 0 radical (unpaired) electrons. The summed E-state index contributed by atoms with van der Waals surface area (Å²) in [4.78, 5) is 10.5. The summed E-state index contributed by atoms with van der Waals surface area (Å²) in [6.45, 7) is 0. The Balaban J connectivity index is 0.00000121. The fourth-order valence-corrected chi connectivity index (χ4v) is 0.795. The smallest absolute Gasteiger partial charge is 0.337 e. The molecule has 0 atom stereocenters. The Morgan fingerprint density at radius 3 is 2.42 bits per heavy atom. The first-order valence-electron chi connectivity index (χ1n) is 3.04. The van der Waals surface area contributed by atoms with Crippen LogP contribution >= 0.6 is 12.4 Å². The van der Waals surface area contributed by atoms with E-state index in [1.54, 1.807) is 18.2 Å². The van der Waals surface area contributed by atoms with Crippen LogP contribution in [0.5, 0.6) is 0 Å². The molecule has 66 valence electrons. The molecule has 0 unspecified atom stereocenters. The van der Waals surface area contributed by atoms with Crippen molar-refractivity contribution in [3.8, 4) is 0 Å². The molecule has 0 aliphatic rings. The number of hydrogen-bond acceptors (Lipinski definition) is 3. The summed E-state index contributed by atoms with van der Waals surface area (Å²) in [6, 6.07) is 6.44. The lowest BCUT2D eigenvalue weighted by Crippen LogP contribution is -2.11. The Kier molecular flexibility index (Phi) is 4.10. The molecule has 0 amide bonds. The third-order valence-electron chi connectivity index (χ3n) is 1.31. The molecular weight excluding hydrogens is 180 g/mol. The number of anilines is 1. The van der Waals surface area contributed by atoms with Crippen LogP contribution in [0.3, 0.4) is 0 Å². The monoisotopic (exact) mass is 188 g/mol. The van der Waals surface area contributed by atoms with Crippen LogP contribution in [0.4, 0.5) is 5.69 Å². The van der Waals surface area contributed by atoms with Crippen molar-refractivity contribution < 1.29 is 9.90 Å². The van der Waals surface area contributed by atoms with Crippen LogP contribution in [0.25, 0.3) is 0 Å². The molecule has 0 spiro atoms. The summed E-state index contributed by atoms with van der Waals surface area (Å²) in [5.74, 6) is 4.09. The maximum absolute atomic E-state index is 10.5. The van der Waals surface area contributed by atoms with Crippen LogP contribution in [0.15, 0.2) is 24.3 Å². The van der Waals surface area contributed by atoms with Gasteiger partial charge in [-0.15, -0.1) is 12.4 Å². The van der Waals surface area contributed by atoms with E-state index in [0.29, 0.717) is 5.69 Å². The molecule has 5 heteroatoms. The number of carboxylic acids is 1. The first-order valence-corrected chi connectivity index (χ1v) is 3.04. The van der Waals surface area contributed by atoms with Gasteiger partial charge >= 0.3 is 5.97 Å². The summed E-state index contributed by atoms with van der Waals surface area (Å²) in [5.41, 5.74) is 2.89. The third kappa shape index (κ3) is 2.11. The molecule has 0 saturated heterocycles. The lowest BCUT2D eigenvalue weighted by Gasteiger charge is -2.02. The van der Waals surface area contributed by atoms with Gasteiger partial charge in [0.05, 0.1) is 11.3 Å². The zero-order valence-corrected chi connectivity index (χ0v) is 6.97. The average Bonchev–Trinajstić information content (AvgIpc) is 2.04. The summed E-state index contributed by atoms with van der Waals surface area (Å²) in [6.07, 6.45) is 0. The van der Waals surface area contributed by atoms with Gasteiger partial charge in [0, 0.05) is 0 Å². The fourth-order valence-electron chi connectivity index (χ4n) is 0.795. The molecule has 1 rings (SSSR count). The van der Waals surface area contributed by atoms with E-state index in [0.717, 1.165) is 0 Å². The number of carboxylic acid groups (broad SMARTS) is 1. The van der Waals surface area contributed by atoms with Gasteiger partial charge in [-0.3, -0.25) is 5.84 Å². The number of nitrogen functional groups attached to an aromatic ring is 1. The number of para-hydroxylation sites is 1. The molecule has 0 aliphatic carbocycles. The van der Waals surface area contributed by atoms with E-state index in [1.807, 2.05) is 0 Å². The van der Waals surface area contributed by atoms with Gasteiger partial charge in [0.25, 0.3) is 0 Å². The summed E-state index contributed by atoms with van der Waals surface area (Å²) < 4.78 is 0. The SMILES string of the molecule is Cl.NNc1ccccc1C(=O)O. The van der Waals surface area contributed by atoms with Crippen LogP contribution in [-0.4, -0.2) is 11.1 Å². The summed E-state index contributed by atoms with van der Waals surface area (Å²) in [7, 11) is 0. The van der Waals surface area contributed by atoms with Gasteiger partial charge in [0.1, 0.15) is 0 Å². The molecule has 0 saturated carbocycles. The van der Waals surface area contributed by atoms with Gasteiger partial charge in [-0.2, -0.15) is 0 Å². The van der Waals surface area contributed by atoms with Crippen molar-refractivity contribution in [1.29, 1.82) is 0 Å². The van der Waals surface area contributed by atoms with Crippen LogP contribution < -0.4 is 11.3 Å². The Labute approximate surface area is 75.8 Å². The number of halogens is 1. The van der Waals surface area contributed by atoms with Gasteiger partial charge in [0.15, 0.2) is 0 Å². The molecule has 4 N–H and O–H groups in total. The minimum absolute atomic E-state index is 0. The quantitative estimate of drug-likeness (QED) is 0.480. The van der Waals surface area contributed by atoms with E-state index >= 15 is 0 Å². The minimum atomic E-state index is -0.987. The first-order chi connectivity index (χ1) is 5.25. The summed E-state index contributed by atoms with van der Waals surface area (Å²) >= 11 is 0. The van der Waals surface area contributed by atoms with Crippen LogP contribution in [0.2, 0.25) is 0 Å². The van der Waals surface area contributed by atoms with Gasteiger partial charge in [-0.25, -0.2) is 4.79 Å². The predicted molar refractivity (Wildman–Crippen MR) is 48.5 cm³/mol. The van der Waals surface area contributed by atoms with E-state index in [-0.39, 0.29) is 18.0 Å². The van der Waals surface area contributed by atoms with Crippen molar-refractivity contribution in [1.82, 2.24) is 0 Å². The highest BCUT2D eigenvalue weighted by molar-refractivity contribution is 5.93. The Bertz CT molecular complexity index is 278. The number of nitrogens with two attached hydrogens (primary N) is 1. The predicted octanol–water partition coefficient (Wildman–Crippen LogP) is 1.09. The molecule has 12 heavy (non-hydrogen) atoms. The molecule has 0 bridgehead atoms. The number of carbonyl (C=O) groups is 1. The second-order valence-corrected chi connectivity index (χ2v) is 2.00. The zero-order valence-electron chi connectivity index (χ0n) is 6.15. The average molecular weight is 189 g/mol. The van der Waals surface area contributed by atoms with Gasteiger partial charge < -0.3 is 10.5 Å².